The zero-order valence-corrected chi connectivity index (χ0v) is 11.3. The summed E-state index contributed by atoms with van der Waals surface area (Å²) in [5.74, 6) is 0.763. The molecule has 0 saturated heterocycles. The number of thioether (sulfide) groups is 1. The summed E-state index contributed by atoms with van der Waals surface area (Å²) in [5.41, 5.74) is 7.40. The molecular formula is C12H20N2O2S. The largest absolute Gasteiger partial charge is 0.497 e. The first kappa shape index (κ1) is 14.0. The molecule has 1 rings (SSSR count). The molecule has 0 aromatic heterocycles. The second-order valence-electron chi connectivity index (χ2n) is 3.84. The van der Waals surface area contributed by atoms with Crippen LogP contribution in [0.25, 0.3) is 0 Å². The number of benzene rings is 1. The van der Waals surface area contributed by atoms with E-state index < -0.39 is 0 Å². The molecule has 96 valence electrons. The van der Waals surface area contributed by atoms with E-state index in [0.29, 0.717) is 5.69 Å². The number of anilines is 2. The third kappa shape index (κ3) is 3.71. The van der Waals surface area contributed by atoms with Crippen molar-refractivity contribution in [1.82, 2.24) is 0 Å². The van der Waals surface area contributed by atoms with E-state index in [1.165, 1.54) is 0 Å². The standard InChI is InChI=1S/C12H20N2O2S/c1-8(12(7-15)17-3)14-11-6-9(16-2)4-5-10(11)13/h4-6,8,12,14-15H,7,13H2,1-3H3. The lowest BCUT2D eigenvalue weighted by atomic mass is 10.2. The van der Waals surface area contributed by atoms with E-state index in [1.807, 2.05) is 25.3 Å². The SMILES string of the molecule is COc1ccc(N)c(NC(C)C(CO)SC)c1. The van der Waals surface area contributed by atoms with E-state index in [1.54, 1.807) is 24.9 Å². The molecule has 0 spiro atoms. The number of nitrogen functional groups attached to an aromatic ring is 1. The number of nitrogens with one attached hydrogen (secondary N) is 1. The van der Waals surface area contributed by atoms with Crippen LogP contribution in [0.15, 0.2) is 18.2 Å². The number of hydrogen-bond acceptors (Lipinski definition) is 5. The van der Waals surface area contributed by atoms with E-state index in [4.69, 9.17) is 10.5 Å². The average Bonchev–Trinajstić information content (AvgIpc) is 2.33. The summed E-state index contributed by atoms with van der Waals surface area (Å²) in [6.07, 6.45) is 1.98. The van der Waals surface area contributed by atoms with Crippen molar-refractivity contribution in [3.05, 3.63) is 18.2 Å². The van der Waals surface area contributed by atoms with Crippen LogP contribution in [0.5, 0.6) is 5.75 Å². The lowest BCUT2D eigenvalue weighted by Crippen LogP contribution is -2.31. The molecule has 1 aromatic carbocycles. The fourth-order valence-corrected chi connectivity index (χ4v) is 2.19. The summed E-state index contributed by atoms with van der Waals surface area (Å²) in [6, 6.07) is 5.62. The van der Waals surface area contributed by atoms with Crippen molar-refractivity contribution in [2.75, 3.05) is 31.0 Å². The van der Waals surface area contributed by atoms with Crippen molar-refractivity contribution in [3.8, 4) is 5.75 Å². The molecule has 1 aromatic rings. The summed E-state index contributed by atoms with van der Waals surface area (Å²) >= 11 is 1.63. The Bertz CT molecular complexity index is 356. The van der Waals surface area contributed by atoms with Crippen molar-refractivity contribution < 1.29 is 9.84 Å². The topological polar surface area (TPSA) is 67.5 Å². The molecule has 0 bridgehead atoms. The van der Waals surface area contributed by atoms with Gasteiger partial charge in [-0.2, -0.15) is 11.8 Å². The third-order valence-corrected chi connectivity index (χ3v) is 3.85. The van der Waals surface area contributed by atoms with Gasteiger partial charge in [-0.1, -0.05) is 0 Å². The summed E-state index contributed by atoms with van der Waals surface area (Å²) in [7, 11) is 1.62. The molecule has 0 aliphatic heterocycles. The Labute approximate surface area is 107 Å². The molecular weight excluding hydrogens is 236 g/mol. The monoisotopic (exact) mass is 256 g/mol. The molecule has 0 aliphatic rings. The van der Waals surface area contributed by atoms with Gasteiger partial charge in [-0.3, -0.25) is 0 Å². The van der Waals surface area contributed by atoms with Crippen LogP contribution in [-0.4, -0.2) is 36.4 Å². The highest BCUT2D eigenvalue weighted by Gasteiger charge is 2.15. The van der Waals surface area contributed by atoms with Gasteiger partial charge in [-0.05, 0) is 25.3 Å². The Morgan fingerprint density at radius 2 is 2.24 bits per heavy atom. The summed E-state index contributed by atoms with van der Waals surface area (Å²) in [5, 5.41) is 12.7. The minimum Gasteiger partial charge on any atom is -0.497 e. The second-order valence-corrected chi connectivity index (χ2v) is 4.92. The van der Waals surface area contributed by atoms with Gasteiger partial charge in [-0.15, -0.1) is 0 Å². The third-order valence-electron chi connectivity index (χ3n) is 2.68. The van der Waals surface area contributed by atoms with Crippen LogP contribution >= 0.6 is 11.8 Å². The van der Waals surface area contributed by atoms with Gasteiger partial charge in [0.2, 0.25) is 0 Å². The summed E-state index contributed by atoms with van der Waals surface area (Å²) in [4.78, 5) is 0. The average molecular weight is 256 g/mol. The Morgan fingerprint density at radius 1 is 1.53 bits per heavy atom. The molecule has 17 heavy (non-hydrogen) atoms. The van der Waals surface area contributed by atoms with E-state index in [0.717, 1.165) is 11.4 Å². The zero-order chi connectivity index (χ0) is 12.8. The van der Waals surface area contributed by atoms with Crippen LogP contribution in [0.4, 0.5) is 11.4 Å². The number of methoxy groups -OCH3 is 1. The maximum absolute atomic E-state index is 9.23. The van der Waals surface area contributed by atoms with Gasteiger partial charge in [0.15, 0.2) is 0 Å². The second kappa shape index (κ2) is 6.61. The Morgan fingerprint density at radius 3 is 2.76 bits per heavy atom. The molecule has 2 unspecified atom stereocenters. The fourth-order valence-electron chi connectivity index (χ4n) is 1.56. The van der Waals surface area contributed by atoms with Crippen LogP contribution in [0, 0.1) is 0 Å². The first-order valence-electron chi connectivity index (χ1n) is 5.46. The molecule has 5 heteroatoms. The lowest BCUT2D eigenvalue weighted by Gasteiger charge is -2.23. The number of aliphatic hydroxyl groups is 1. The molecule has 2 atom stereocenters. The van der Waals surface area contributed by atoms with Crippen molar-refractivity contribution in [2.24, 2.45) is 0 Å². The number of rotatable bonds is 6. The first-order valence-corrected chi connectivity index (χ1v) is 6.74. The van der Waals surface area contributed by atoms with Gasteiger partial charge in [-0.25, -0.2) is 0 Å². The summed E-state index contributed by atoms with van der Waals surface area (Å²) in [6.45, 7) is 2.16. The molecule has 0 radical (unpaired) electrons. The highest BCUT2D eigenvalue weighted by molar-refractivity contribution is 7.99. The molecule has 0 amide bonds. The van der Waals surface area contributed by atoms with Gasteiger partial charge in [0.05, 0.1) is 25.1 Å². The van der Waals surface area contributed by atoms with E-state index >= 15 is 0 Å². The maximum atomic E-state index is 9.23. The maximum Gasteiger partial charge on any atom is 0.121 e. The zero-order valence-electron chi connectivity index (χ0n) is 10.4. The van der Waals surface area contributed by atoms with Crippen molar-refractivity contribution >= 4 is 23.1 Å². The van der Waals surface area contributed by atoms with Gasteiger partial charge < -0.3 is 20.9 Å². The van der Waals surface area contributed by atoms with Crippen LogP contribution in [0.3, 0.4) is 0 Å². The Kier molecular flexibility index (Phi) is 5.44. The lowest BCUT2D eigenvalue weighted by molar-refractivity contribution is 0.288. The van der Waals surface area contributed by atoms with Crippen molar-refractivity contribution in [3.63, 3.8) is 0 Å². The van der Waals surface area contributed by atoms with Gasteiger partial charge in [0.25, 0.3) is 0 Å². The molecule has 0 saturated carbocycles. The van der Waals surface area contributed by atoms with Crippen LogP contribution in [0.2, 0.25) is 0 Å². The minimum atomic E-state index is 0.129. The number of nitrogens with two attached hydrogens (primary N) is 1. The van der Waals surface area contributed by atoms with Crippen molar-refractivity contribution in [2.45, 2.75) is 18.2 Å². The predicted molar refractivity (Wildman–Crippen MR) is 74.9 cm³/mol. The van der Waals surface area contributed by atoms with Crippen LogP contribution in [0.1, 0.15) is 6.92 Å². The van der Waals surface area contributed by atoms with Gasteiger partial charge in [0.1, 0.15) is 5.75 Å². The smallest absolute Gasteiger partial charge is 0.121 e. The molecule has 4 N–H and O–H groups in total. The number of ether oxygens (including phenoxy) is 1. The molecule has 0 heterocycles. The number of aliphatic hydroxyl groups excluding tert-OH is 1. The van der Waals surface area contributed by atoms with Gasteiger partial charge in [0, 0.05) is 17.4 Å². The molecule has 0 aliphatic carbocycles. The molecule has 0 fully saturated rings. The van der Waals surface area contributed by atoms with E-state index in [-0.39, 0.29) is 17.9 Å². The van der Waals surface area contributed by atoms with Crippen LogP contribution in [-0.2, 0) is 0 Å². The van der Waals surface area contributed by atoms with E-state index in [9.17, 15) is 5.11 Å². The van der Waals surface area contributed by atoms with Crippen molar-refractivity contribution in [1.29, 1.82) is 0 Å². The highest BCUT2D eigenvalue weighted by Crippen LogP contribution is 2.26. The quantitative estimate of drug-likeness (QED) is 0.677. The number of hydrogen-bond donors (Lipinski definition) is 3. The Hall–Kier alpha value is -1.07. The minimum absolute atomic E-state index is 0.129. The Balaban J connectivity index is 2.79. The molecule has 4 nitrogen and oxygen atoms in total. The normalized spacial score (nSPS) is 14.1. The first-order chi connectivity index (χ1) is 8.12. The predicted octanol–water partition coefficient (Wildman–Crippen LogP) is 1.80. The van der Waals surface area contributed by atoms with Crippen LogP contribution < -0.4 is 15.8 Å². The fraction of sp³-hybridized carbons (Fsp3) is 0.500. The van der Waals surface area contributed by atoms with E-state index in [2.05, 4.69) is 5.32 Å². The van der Waals surface area contributed by atoms with Gasteiger partial charge >= 0.3 is 0 Å². The summed E-state index contributed by atoms with van der Waals surface area (Å²) < 4.78 is 5.15. The highest BCUT2D eigenvalue weighted by atomic mass is 32.2.